The van der Waals surface area contributed by atoms with E-state index < -0.39 is 0 Å². The van der Waals surface area contributed by atoms with Crippen LogP contribution < -0.4 is 0 Å². The van der Waals surface area contributed by atoms with Gasteiger partial charge in [0.1, 0.15) is 0 Å². The van der Waals surface area contributed by atoms with Crippen molar-refractivity contribution in [3.8, 4) is 113 Å². The Balaban J connectivity index is 0.000000140. The largest absolute Gasteiger partial charge is 0.309 e. The first kappa shape index (κ1) is 69.3. The van der Waals surface area contributed by atoms with E-state index in [-0.39, 0.29) is 0 Å². The number of fused-ring (bicyclic) bond motifs is 16. The van der Waals surface area contributed by atoms with Crippen LogP contribution in [0.1, 0.15) is 0 Å². The molecule has 560 valence electrons. The first-order chi connectivity index (χ1) is 59.5. The third-order valence-electron chi connectivity index (χ3n) is 23.7. The average molecular weight is 1530 g/mol. The molecule has 0 spiro atoms. The van der Waals surface area contributed by atoms with Crippen molar-refractivity contribution in [1.29, 1.82) is 0 Å². The van der Waals surface area contributed by atoms with Gasteiger partial charge < -0.3 is 18.3 Å². The summed E-state index contributed by atoms with van der Waals surface area (Å²) in [6.45, 7) is 0. The molecule has 0 saturated carbocycles. The van der Waals surface area contributed by atoms with Crippen molar-refractivity contribution in [3.63, 3.8) is 0 Å². The van der Waals surface area contributed by atoms with E-state index in [4.69, 9.17) is 24.9 Å². The van der Waals surface area contributed by atoms with Crippen LogP contribution in [0, 0.1) is 0 Å². The first-order valence-corrected chi connectivity index (χ1v) is 40.7. The molecule has 18 aromatic carbocycles. The number of rotatable bonds is 12. The second-order valence-electron chi connectivity index (χ2n) is 30.6. The van der Waals surface area contributed by atoms with Crippen LogP contribution >= 0.6 is 0 Å². The molecule has 24 aromatic rings. The van der Waals surface area contributed by atoms with Crippen LogP contribution in [-0.2, 0) is 0 Å². The molecule has 0 fully saturated rings. The maximum absolute atomic E-state index is 5.19. The highest BCUT2D eigenvalue weighted by atomic mass is 15.0. The van der Waals surface area contributed by atoms with Gasteiger partial charge >= 0.3 is 0 Å². The molecule has 0 aliphatic rings. The summed E-state index contributed by atoms with van der Waals surface area (Å²) in [7, 11) is 0. The van der Waals surface area contributed by atoms with Crippen LogP contribution in [0.25, 0.3) is 222 Å². The molecular weight excluding hydrogens is 1460 g/mol. The molecule has 0 saturated heterocycles. The van der Waals surface area contributed by atoms with Gasteiger partial charge in [-0.2, -0.15) is 0 Å². The molecule has 0 aliphatic carbocycles. The number of benzene rings is 18. The number of hydrogen-bond acceptors (Lipinski definition) is 5. The maximum Gasteiger partial charge on any atom is 0.164 e. The van der Waals surface area contributed by atoms with E-state index >= 15 is 0 Å². The van der Waals surface area contributed by atoms with Gasteiger partial charge in [-0.3, -0.25) is 0 Å². The summed E-state index contributed by atoms with van der Waals surface area (Å²) < 4.78 is 9.79. The summed E-state index contributed by atoms with van der Waals surface area (Å²) in [5.74, 6) is 2.65. The minimum atomic E-state index is 0.643. The highest BCUT2D eigenvalue weighted by molar-refractivity contribution is 6.28. The molecule has 0 unspecified atom stereocenters. The quantitative estimate of drug-likeness (QED) is 0.122. The van der Waals surface area contributed by atoms with Gasteiger partial charge in [-0.1, -0.05) is 340 Å². The Morgan fingerprint density at radius 3 is 0.933 bits per heavy atom. The lowest BCUT2D eigenvalue weighted by molar-refractivity contribution is 1.08. The maximum atomic E-state index is 5.19. The van der Waals surface area contributed by atoms with E-state index in [0.717, 1.165) is 100 Å². The normalized spacial score (nSPS) is 11.7. The molecule has 9 heteroatoms. The van der Waals surface area contributed by atoms with Gasteiger partial charge in [-0.15, -0.1) is 0 Å². The Morgan fingerprint density at radius 2 is 0.483 bits per heavy atom. The van der Waals surface area contributed by atoms with Crippen LogP contribution in [0.5, 0.6) is 0 Å². The Morgan fingerprint density at radius 1 is 0.158 bits per heavy atom. The SMILES string of the molecule is c1ccc(-c2cccc(-n3c4ccccc4c4ccc5c(c6ccccc6n5-c5ccc6c(-c7cc(-c8ccccc8)nc(-c8ccccc8)n7)cccc6c5)c43)c2)cc1.c1ccc(-c2cccc(-n3c4ccccc4c4ccc5c(c6ccccc6n5-c5ccc6c(-c7nc(-c8ccccc8)nc(-c8ccccc8)n7)cccc6c5)c43)c2)cc1. The molecular formula is C111H71N9. The minimum Gasteiger partial charge on any atom is -0.309 e. The molecule has 9 nitrogen and oxygen atoms in total. The second-order valence-corrected chi connectivity index (χ2v) is 30.6. The third-order valence-corrected chi connectivity index (χ3v) is 23.7. The summed E-state index contributed by atoms with van der Waals surface area (Å²) in [6, 6.07) is 153. The summed E-state index contributed by atoms with van der Waals surface area (Å²) in [5, 5.41) is 14.3. The molecule has 6 aromatic heterocycles. The Hall–Kier alpha value is -16.2. The molecule has 120 heavy (non-hydrogen) atoms. The van der Waals surface area contributed by atoms with Gasteiger partial charge in [0.2, 0.25) is 0 Å². The fourth-order valence-electron chi connectivity index (χ4n) is 18.2. The molecule has 0 atom stereocenters. The minimum absolute atomic E-state index is 0.643. The van der Waals surface area contributed by atoms with E-state index in [1.807, 2.05) is 84.9 Å². The number of hydrogen-bond donors (Lipinski definition) is 0. The predicted molar refractivity (Wildman–Crippen MR) is 498 cm³/mol. The van der Waals surface area contributed by atoms with E-state index in [0.29, 0.717) is 23.3 Å². The van der Waals surface area contributed by atoms with Gasteiger partial charge in [0.15, 0.2) is 23.3 Å². The molecule has 0 radical (unpaired) electrons. The molecule has 6 heterocycles. The lowest BCUT2D eigenvalue weighted by atomic mass is 9.99. The summed E-state index contributed by atoms with van der Waals surface area (Å²) in [6.07, 6.45) is 0. The second kappa shape index (κ2) is 28.9. The summed E-state index contributed by atoms with van der Waals surface area (Å²) >= 11 is 0. The van der Waals surface area contributed by atoms with Crippen molar-refractivity contribution < 1.29 is 0 Å². The van der Waals surface area contributed by atoms with Crippen LogP contribution in [-0.4, -0.2) is 43.2 Å². The molecule has 24 rings (SSSR count). The van der Waals surface area contributed by atoms with Crippen LogP contribution in [0.3, 0.4) is 0 Å². The molecule has 0 aliphatic heterocycles. The molecule has 0 N–H and O–H groups in total. The number of nitrogens with zero attached hydrogens (tertiary/aromatic N) is 9. The van der Waals surface area contributed by atoms with E-state index in [2.05, 4.69) is 364 Å². The lowest BCUT2D eigenvalue weighted by Crippen LogP contribution is -2.00. The topological polar surface area (TPSA) is 84.2 Å². The zero-order valence-corrected chi connectivity index (χ0v) is 65.0. The van der Waals surface area contributed by atoms with Crippen LogP contribution in [0.15, 0.2) is 431 Å². The van der Waals surface area contributed by atoms with Crippen molar-refractivity contribution in [2.45, 2.75) is 0 Å². The lowest BCUT2D eigenvalue weighted by Gasteiger charge is -2.13. The van der Waals surface area contributed by atoms with Gasteiger partial charge in [-0.05, 0) is 135 Å². The summed E-state index contributed by atoms with van der Waals surface area (Å²) in [5.41, 5.74) is 26.5. The Kier molecular flexibility index (Phi) is 16.7. The Labute approximate surface area is 691 Å². The highest BCUT2D eigenvalue weighted by Gasteiger charge is 2.26. The Bertz CT molecular complexity index is 7540. The van der Waals surface area contributed by atoms with Crippen molar-refractivity contribution in [3.05, 3.63) is 431 Å². The molecule has 0 amide bonds. The fourth-order valence-corrected chi connectivity index (χ4v) is 18.2. The van der Waals surface area contributed by atoms with E-state index in [9.17, 15) is 0 Å². The summed E-state index contributed by atoms with van der Waals surface area (Å²) in [4.78, 5) is 25.3. The van der Waals surface area contributed by atoms with Crippen molar-refractivity contribution in [2.75, 3.05) is 0 Å². The van der Waals surface area contributed by atoms with Gasteiger partial charge in [-0.25, -0.2) is 24.9 Å². The monoisotopic (exact) mass is 1530 g/mol. The predicted octanol–water partition coefficient (Wildman–Crippen LogP) is 28.4. The standard InChI is InChI=1S/C56H36N4.C55H35N5/c1-4-16-37(17-5-1)40-22-14-24-42(34-40)60-51-28-12-10-25-46(51)47-32-33-53-54(55(47)60)48-26-11-13-29-52(48)59(53)43-30-31-44-41(35-43)23-15-27-45(44)50-36-49(38-18-6-2-7-19-38)57-56(58-50)39-20-8-3-9-21-39;1-4-16-36(17-5-1)39-22-14-24-41(34-39)60-48-28-12-10-25-44(48)45-32-33-50-51(52(45)60)47-26-11-13-29-49(47)59(50)42-30-31-43-40(35-42)23-15-27-46(43)55-57-53(37-18-6-2-7-19-37)56-54(58-55)38-20-8-3-9-21-38/h1-36H;1-35H. The number of para-hydroxylation sites is 4. The average Bonchev–Trinajstić information content (AvgIpc) is 1.55. The first-order valence-electron chi connectivity index (χ1n) is 40.7. The highest BCUT2D eigenvalue weighted by Crippen LogP contribution is 2.47. The third kappa shape index (κ3) is 11.8. The van der Waals surface area contributed by atoms with Crippen LogP contribution in [0.4, 0.5) is 0 Å². The van der Waals surface area contributed by atoms with Gasteiger partial charge in [0.25, 0.3) is 0 Å². The van der Waals surface area contributed by atoms with E-state index in [1.165, 1.54) is 98.4 Å². The zero-order chi connectivity index (χ0) is 79.1. The smallest absolute Gasteiger partial charge is 0.164 e. The van der Waals surface area contributed by atoms with Crippen molar-refractivity contribution in [1.82, 2.24) is 43.2 Å². The van der Waals surface area contributed by atoms with Gasteiger partial charge in [0, 0.05) is 99.2 Å². The zero-order valence-electron chi connectivity index (χ0n) is 65.0. The molecule has 0 bridgehead atoms. The van der Waals surface area contributed by atoms with Crippen molar-refractivity contribution in [2.24, 2.45) is 0 Å². The van der Waals surface area contributed by atoms with Crippen molar-refractivity contribution >= 4 is 109 Å². The fraction of sp³-hybridized carbons (Fsp3) is 0. The van der Waals surface area contributed by atoms with Gasteiger partial charge in [0.05, 0.1) is 55.5 Å². The number of aromatic nitrogens is 9. The van der Waals surface area contributed by atoms with Crippen LogP contribution in [0.2, 0.25) is 0 Å². The van der Waals surface area contributed by atoms with E-state index in [1.54, 1.807) is 0 Å².